The number of nitrogens with two attached hydrogens (primary N) is 1. The molecule has 0 aromatic carbocycles. The van der Waals surface area contributed by atoms with Crippen molar-refractivity contribution >= 4 is 23.6 Å². The van der Waals surface area contributed by atoms with Crippen molar-refractivity contribution in [2.75, 3.05) is 36.5 Å². The minimum atomic E-state index is 0.510. The smallest absolute Gasteiger partial charge is 0.228 e. The molecule has 21 heavy (non-hydrogen) atoms. The van der Waals surface area contributed by atoms with Gasteiger partial charge in [-0.25, -0.2) is 4.98 Å². The molecule has 0 spiro atoms. The first kappa shape index (κ1) is 13.8. The molecule has 2 aliphatic rings. The SMILES string of the molecule is N=CC(=CN)c1cc(NC2CC2)nc(N2CCOCC2)n1. The summed E-state index contributed by atoms with van der Waals surface area (Å²) in [6, 6.07) is 2.36. The minimum Gasteiger partial charge on any atom is -0.404 e. The van der Waals surface area contributed by atoms with Gasteiger partial charge in [0.1, 0.15) is 5.82 Å². The van der Waals surface area contributed by atoms with Gasteiger partial charge in [0.2, 0.25) is 5.95 Å². The van der Waals surface area contributed by atoms with Crippen LogP contribution in [0.2, 0.25) is 0 Å². The van der Waals surface area contributed by atoms with Crippen molar-refractivity contribution < 1.29 is 4.74 Å². The van der Waals surface area contributed by atoms with E-state index in [0.717, 1.165) is 18.9 Å². The summed E-state index contributed by atoms with van der Waals surface area (Å²) in [5.41, 5.74) is 6.84. The standard InChI is InChI=1S/C14H20N6O/c15-8-10(9-16)12-7-13(17-11-1-2-11)19-14(18-12)20-3-5-21-6-4-20/h7-9,11,15H,1-6,16H2,(H,17,18,19). The van der Waals surface area contributed by atoms with E-state index in [0.29, 0.717) is 36.5 Å². The van der Waals surface area contributed by atoms with Crippen LogP contribution in [0.5, 0.6) is 0 Å². The first-order valence-electron chi connectivity index (χ1n) is 7.21. The summed E-state index contributed by atoms with van der Waals surface area (Å²) in [6.07, 6.45) is 4.97. The topological polar surface area (TPSA) is 100 Å². The van der Waals surface area contributed by atoms with Crippen molar-refractivity contribution in [3.05, 3.63) is 18.0 Å². The van der Waals surface area contributed by atoms with Crippen LogP contribution in [0.4, 0.5) is 11.8 Å². The fourth-order valence-electron chi connectivity index (χ4n) is 2.21. The van der Waals surface area contributed by atoms with Gasteiger partial charge in [-0.05, 0) is 12.8 Å². The fraction of sp³-hybridized carbons (Fsp3) is 0.500. The Morgan fingerprint density at radius 3 is 2.76 bits per heavy atom. The molecule has 1 aliphatic heterocycles. The predicted molar refractivity (Wildman–Crippen MR) is 82.7 cm³/mol. The van der Waals surface area contributed by atoms with Crippen LogP contribution in [0.3, 0.4) is 0 Å². The van der Waals surface area contributed by atoms with E-state index < -0.39 is 0 Å². The summed E-state index contributed by atoms with van der Waals surface area (Å²) < 4.78 is 5.37. The van der Waals surface area contributed by atoms with Crippen LogP contribution >= 0.6 is 0 Å². The number of ether oxygens (including phenoxy) is 1. The number of anilines is 2. The highest BCUT2D eigenvalue weighted by molar-refractivity contribution is 6.07. The number of nitrogens with one attached hydrogen (secondary N) is 2. The van der Waals surface area contributed by atoms with Crippen LogP contribution < -0.4 is 16.0 Å². The lowest BCUT2D eigenvalue weighted by molar-refractivity contribution is 0.122. The monoisotopic (exact) mass is 288 g/mol. The molecule has 1 aromatic heterocycles. The Morgan fingerprint density at radius 1 is 1.38 bits per heavy atom. The maximum atomic E-state index is 7.45. The number of aromatic nitrogens is 2. The minimum absolute atomic E-state index is 0.510. The zero-order valence-corrected chi connectivity index (χ0v) is 11.9. The molecule has 1 aliphatic carbocycles. The van der Waals surface area contributed by atoms with E-state index in [2.05, 4.69) is 20.2 Å². The number of nitrogens with zero attached hydrogens (tertiary/aromatic N) is 3. The van der Waals surface area contributed by atoms with Crippen LogP contribution in [0.15, 0.2) is 12.3 Å². The van der Waals surface area contributed by atoms with Gasteiger partial charge in [-0.1, -0.05) is 0 Å². The molecule has 3 rings (SSSR count). The maximum Gasteiger partial charge on any atom is 0.228 e. The van der Waals surface area contributed by atoms with E-state index >= 15 is 0 Å². The van der Waals surface area contributed by atoms with Gasteiger partial charge in [-0.3, -0.25) is 0 Å². The van der Waals surface area contributed by atoms with E-state index in [9.17, 15) is 0 Å². The molecule has 0 radical (unpaired) electrons. The molecule has 1 saturated carbocycles. The van der Waals surface area contributed by atoms with E-state index in [4.69, 9.17) is 15.9 Å². The largest absolute Gasteiger partial charge is 0.404 e. The highest BCUT2D eigenvalue weighted by Gasteiger charge is 2.23. The third kappa shape index (κ3) is 3.30. The average molecular weight is 288 g/mol. The Morgan fingerprint density at radius 2 is 2.14 bits per heavy atom. The van der Waals surface area contributed by atoms with Gasteiger partial charge >= 0.3 is 0 Å². The number of hydrogen-bond acceptors (Lipinski definition) is 7. The second-order valence-electron chi connectivity index (χ2n) is 5.22. The third-order valence-corrected chi connectivity index (χ3v) is 3.57. The zero-order chi connectivity index (χ0) is 14.7. The normalized spacial score (nSPS) is 19.4. The lowest BCUT2D eigenvalue weighted by Crippen LogP contribution is -2.37. The van der Waals surface area contributed by atoms with E-state index in [1.165, 1.54) is 25.3 Å². The van der Waals surface area contributed by atoms with Gasteiger partial charge < -0.3 is 26.1 Å². The molecule has 2 heterocycles. The van der Waals surface area contributed by atoms with Crippen LogP contribution in [-0.4, -0.2) is 48.5 Å². The molecule has 4 N–H and O–H groups in total. The number of morpholine rings is 1. The molecular weight excluding hydrogens is 268 g/mol. The number of allylic oxidation sites excluding steroid dienone is 1. The lowest BCUT2D eigenvalue weighted by Gasteiger charge is -2.27. The van der Waals surface area contributed by atoms with Gasteiger partial charge in [0.15, 0.2) is 0 Å². The van der Waals surface area contributed by atoms with Gasteiger partial charge in [0.25, 0.3) is 0 Å². The van der Waals surface area contributed by atoms with Gasteiger partial charge in [-0.15, -0.1) is 0 Å². The van der Waals surface area contributed by atoms with Crippen molar-refractivity contribution in [2.24, 2.45) is 5.73 Å². The number of rotatable bonds is 5. The van der Waals surface area contributed by atoms with Crippen molar-refractivity contribution in [1.82, 2.24) is 9.97 Å². The molecule has 7 heteroatoms. The van der Waals surface area contributed by atoms with Crippen LogP contribution in [-0.2, 0) is 4.74 Å². The molecular formula is C14H20N6O. The Hall–Kier alpha value is -2.15. The fourth-order valence-corrected chi connectivity index (χ4v) is 2.21. The van der Waals surface area contributed by atoms with Crippen LogP contribution in [0, 0.1) is 5.41 Å². The summed E-state index contributed by atoms with van der Waals surface area (Å²) in [4.78, 5) is 11.2. The van der Waals surface area contributed by atoms with Crippen LogP contribution in [0.1, 0.15) is 18.5 Å². The summed E-state index contributed by atoms with van der Waals surface area (Å²) in [6.45, 7) is 2.92. The van der Waals surface area contributed by atoms with E-state index in [1.807, 2.05) is 6.07 Å². The molecule has 0 amide bonds. The average Bonchev–Trinajstić information content (AvgIpc) is 3.33. The van der Waals surface area contributed by atoms with Crippen molar-refractivity contribution in [3.8, 4) is 0 Å². The van der Waals surface area contributed by atoms with E-state index in [1.54, 1.807) is 0 Å². The molecule has 7 nitrogen and oxygen atoms in total. The summed E-state index contributed by atoms with van der Waals surface area (Å²) >= 11 is 0. The second-order valence-corrected chi connectivity index (χ2v) is 5.22. The summed E-state index contributed by atoms with van der Waals surface area (Å²) in [5.74, 6) is 1.46. The predicted octanol–water partition coefficient (Wildman–Crippen LogP) is 0.837. The van der Waals surface area contributed by atoms with Crippen molar-refractivity contribution in [2.45, 2.75) is 18.9 Å². The highest BCUT2D eigenvalue weighted by Crippen LogP contribution is 2.26. The molecule has 1 saturated heterocycles. The van der Waals surface area contributed by atoms with Gasteiger partial charge in [0.05, 0.1) is 18.9 Å². The van der Waals surface area contributed by atoms with Gasteiger partial charge in [0, 0.05) is 43.2 Å². The molecule has 112 valence electrons. The molecule has 0 unspecified atom stereocenters. The van der Waals surface area contributed by atoms with Gasteiger partial charge in [-0.2, -0.15) is 4.98 Å². The first-order chi connectivity index (χ1) is 10.3. The Bertz CT molecular complexity index is 548. The Kier molecular flexibility index (Phi) is 4.01. The molecule has 1 aromatic rings. The quantitative estimate of drug-likeness (QED) is 0.694. The lowest BCUT2D eigenvalue weighted by atomic mass is 10.2. The highest BCUT2D eigenvalue weighted by atomic mass is 16.5. The zero-order valence-electron chi connectivity index (χ0n) is 11.9. The summed E-state index contributed by atoms with van der Waals surface area (Å²) in [5, 5.41) is 10.8. The van der Waals surface area contributed by atoms with Crippen molar-refractivity contribution in [3.63, 3.8) is 0 Å². The Labute approximate surface area is 123 Å². The summed E-state index contributed by atoms with van der Waals surface area (Å²) in [7, 11) is 0. The second kappa shape index (κ2) is 6.09. The third-order valence-electron chi connectivity index (χ3n) is 3.57. The number of hydrogen-bond donors (Lipinski definition) is 3. The Balaban J connectivity index is 1.92. The van der Waals surface area contributed by atoms with Crippen molar-refractivity contribution in [1.29, 1.82) is 5.41 Å². The first-order valence-corrected chi connectivity index (χ1v) is 7.21. The van der Waals surface area contributed by atoms with E-state index in [-0.39, 0.29) is 0 Å². The molecule has 2 fully saturated rings. The maximum absolute atomic E-state index is 7.45. The van der Waals surface area contributed by atoms with Crippen LogP contribution in [0.25, 0.3) is 5.57 Å². The molecule has 0 atom stereocenters. The molecule has 0 bridgehead atoms.